The minimum atomic E-state index is -0.139. The summed E-state index contributed by atoms with van der Waals surface area (Å²) in [7, 11) is 1.66. The van der Waals surface area contributed by atoms with Crippen LogP contribution < -0.4 is 14.2 Å². The standard InChI is InChI=1S/C24H21NO5/c1-27-17-6-4-16(5-7-17)10-11-25-14-20-21(29-15-25)9-8-19-23(26)22(30-24(19)20)13-18-3-2-12-28-18/h2-9,12-13H,10-11,14-15H2,1H3. The molecule has 1 aromatic heterocycles. The molecular weight excluding hydrogens is 382 g/mol. The lowest BCUT2D eigenvalue weighted by molar-refractivity contribution is 0.0949. The van der Waals surface area contributed by atoms with Gasteiger partial charge in [0.05, 0.1) is 24.5 Å². The minimum Gasteiger partial charge on any atom is -0.497 e. The van der Waals surface area contributed by atoms with Gasteiger partial charge in [-0.25, -0.2) is 0 Å². The SMILES string of the molecule is COc1ccc(CCN2COc3ccc4c(c3C2)OC(=Cc2ccco2)C4=O)cc1. The number of fused-ring (bicyclic) bond motifs is 3. The first kappa shape index (κ1) is 18.5. The summed E-state index contributed by atoms with van der Waals surface area (Å²) in [5.74, 6) is 2.91. The van der Waals surface area contributed by atoms with Crippen LogP contribution in [0.3, 0.4) is 0 Å². The minimum absolute atomic E-state index is 0.139. The van der Waals surface area contributed by atoms with Crippen molar-refractivity contribution in [1.82, 2.24) is 4.90 Å². The van der Waals surface area contributed by atoms with Gasteiger partial charge in [0.1, 0.15) is 29.7 Å². The van der Waals surface area contributed by atoms with E-state index in [0.29, 0.717) is 30.3 Å². The van der Waals surface area contributed by atoms with Crippen LogP contribution in [0.2, 0.25) is 0 Å². The molecule has 2 aliphatic rings. The van der Waals surface area contributed by atoms with Crippen LogP contribution in [-0.4, -0.2) is 31.1 Å². The lowest BCUT2D eigenvalue weighted by Gasteiger charge is -2.29. The fourth-order valence-corrected chi connectivity index (χ4v) is 3.73. The summed E-state index contributed by atoms with van der Waals surface area (Å²) in [6, 6.07) is 15.3. The Morgan fingerprint density at radius 1 is 1.13 bits per heavy atom. The molecule has 0 atom stereocenters. The van der Waals surface area contributed by atoms with Crippen LogP contribution in [0.25, 0.3) is 6.08 Å². The van der Waals surface area contributed by atoms with Crippen LogP contribution in [0.1, 0.15) is 27.2 Å². The highest BCUT2D eigenvalue weighted by Gasteiger charge is 2.33. The summed E-state index contributed by atoms with van der Waals surface area (Å²) >= 11 is 0. The van der Waals surface area contributed by atoms with E-state index in [9.17, 15) is 4.79 Å². The van der Waals surface area contributed by atoms with E-state index >= 15 is 0 Å². The smallest absolute Gasteiger partial charge is 0.232 e. The molecule has 2 aliphatic heterocycles. The Labute approximate surface area is 174 Å². The Kier molecular flexibility index (Phi) is 4.77. The number of hydrogen-bond acceptors (Lipinski definition) is 6. The number of Topliss-reactive ketones (excluding diaryl/α,β-unsaturated/α-hetero) is 1. The molecule has 3 aromatic rings. The van der Waals surface area contributed by atoms with Gasteiger partial charge in [-0.15, -0.1) is 0 Å². The van der Waals surface area contributed by atoms with Gasteiger partial charge in [0, 0.05) is 19.2 Å². The Balaban J connectivity index is 1.33. The summed E-state index contributed by atoms with van der Waals surface area (Å²) in [6.07, 6.45) is 4.08. The molecule has 0 amide bonds. The first-order valence-electron chi connectivity index (χ1n) is 9.83. The number of nitrogens with zero attached hydrogens (tertiary/aromatic N) is 1. The molecule has 0 aliphatic carbocycles. The number of rotatable bonds is 5. The molecule has 0 fully saturated rings. The summed E-state index contributed by atoms with van der Waals surface area (Å²) in [5, 5.41) is 0. The number of benzene rings is 2. The van der Waals surface area contributed by atoms with E-state index < -0.39 is 0 Å². The van der Waals surface area contributed by atoms with Crippen LogP contribution in [0.15, 0.2) is 65.0 Å². The Bertz CT molecular complexity index is 1100. The van der Waals surface area contributed by atoms with Crippen LogP contribution in [0, 0.1) is 0 Å². The molecule has 2 aromatic carbocycles. The number of methoxy groups -OCH3 is 1. The van der Waals surface area contributed by atoms with E-state index in [4.69, 9.17) is 18.6 Å². The van der Waals surface area contributed by atoms with Crippen molar-refractivity contribution in [3.8, 4) is 17.2 Å². The molecule has 5 rings (SSSR count). The number of hydrogen-bond donors (Lipinski definition) is 0. The van der Waals surface area contributed by atoms with Crippen molar-refractivity contribution in [1.29, 1.82) is 0 Å². The first-order valence-corrected chi connectivity index (χ1v) is 9.83. The van der Waals surface area contributed by atoms with Gasteiger partial charge in [-0.05, 0) is 48.4 Å². The number of carbonyl (C=O) groups excluding carboxylic acids is 1. The fourth-order valence-electron chi connectivity index (χ4n) is 3.73. The van der Waals surface area contributed by atoms with Crippen molar-refractivity contribution in [2.75, 3.05) is 20.4 Å². The molecule has 0 bridgehead atoms. The number of furan rings is 1. The largest absolute Gasteiger partial charge is 0.497 e. The fraction of sp³-hybridized carbons (Fsp3) is 0.208. The second-order valence-corrected chi connectivity index (χ2v) is 7.30. The molecule has 0 saturated heterocycles. The predicted molar refractivity (Wildman–Crippen MR) is 111 cm³/mol. The number of ketones is 1. The van der Waals surface area contributed by atoms with E-state index in [2.05, 4.69) is 17.0 Å². The zero-order chi connectivity index (χ0) is 20.5. The molecular formula is C24H21NO5. The van der Waals surface area contributed by atoms with Crippen LogP contribution in [0.5, 0.6) is 17.2 Å². The maximum Gasteiger partial charge on any atom is 0.232 e. The molecule has 0 N–H and O–H groups in total. The van der Waals surface area contributed by atoms with E-state index in [1.165, 1.54) is 5.56 Å². The van der Waals surface area contributed by atoms with Crippen molar-refractivity contribution < 1.29 is 23.4 Å². The number of carbonyl (C=O) groups is 1. The second-order valence-electron chi connectivity index (χ2n) is 7.30. The van der Waals surface area contributed by atoms with Gasteiger partial charge < -0.3 is 18.6 Å². The summed E-state index contributed by atoms with van der Waals surface area (Å²) in [6.45, 7) is 2.00. The molecule has 0 radical (unpaired) electrons. The number of ether oxygens (including phenoxy) is 3. The van der Waals surface area contributed by atoms with Crippen molar-refractivity contribution in [3.63, 3.8) is 0 Å². The van der Waals surface area contributed by atoms with Crippen LogP contribution >= 0.6 is 0 Å². The molecule has 152 valence electrons. The predicted octanol–water partition coefficient (Wildman–Crippen LogP) is 4.30. The van der Waals surface area contributed by atoms with Crippen molar-refractivity contribution in [2.45, 2.75) is 13.0 Å². The summed E-state index contributed by atoms with van der Waals surface area (Å²) in [4.78, 5) is 15.0. The monoisotopic (exact) mass is 403 g/mol. The molecule has 0 unspecified atom stereocenters. The summed E-state index contributed by atoms with van der Waals surface area (Å²) in [5.41, 5.74) is 2.70. The Morgan fingerprint density at radius 3 is 2.77 bits per heavy atom. The number of allylic oxidation sites excluding steroid dienone is 1. The topological polar surface area (TPSA) is 61.1 Å². The van der Waals surface area contributed by atoms with E-state index in [0.717, 1.165) is 30.0 Å². The average molecular weight is 403 g/mol. The summed E-state index contributed by atoms with van der Waals surface area (Å²) < 4.78 is 22.4. The zero-order valence-electron chi connectivity index (χ0n) is 16.6. The van der Waals surface area contributed by atoms with Gasteiger partial charge in [0.25, 0.3) is 0 Å². The van der Waals surface area contributed by atoms with Crippen LogP contribution in [-0.2, 0) is 13.0 Å². The third-order valence-electron chi connectivity index (χ3n) is 5.37. The van der Waals surface area contributed by atoms with Gasteiger partial charge in [0.2, 0.25) is 5.78 Å². The second kappa shape index (κ2) is 7.72. The maximum absolute atomic E-state index is 12.8. The molecule has 0 saturated carbocycles. The third-order valence-corrected chi connectivity index (χ3v) is 5.37. The van der Waals surface area contributed by atoms with Crippen molar-refractivity contribution >= 4 is 11.9 Å². The molecule has 0 spiro atoms. The van der Waals surface area contributed by atoms with Gasteiger partial charge in [-0.3, -0.25) is 9.69 Å². The highest BCUT2D eigenvalue weighted by Crippen LogP contribution is 2.42. The zero-order valence-corrected chi connectivity index (χ0v) is 16.6. The van der Waals surface area contributed by atoms with Gasteiger partial charge >= 0.3 is 0 Å². The van der Waals surface area contributed by atoms with E-state index in [-0.39, 0.29) is 11.5 Å². The Hall–Kier alpha value is -3.51. The molecule has 30 heavy (non-hydrogen) atoms. The molecule has 6 heteroatoms. The average Bonchev–Trinajstić information content (AvgIpc) is 3.41. The molecule has 3 heterocycles. The quantitative estimate of drug-likeness (QED) is 0.592. The van der Waals surface area contributed by atoms with E-state index in [1.54, 1.807) is 37.6 Å². The Morgan fingerprint density at radius 2 is 2.00 bits per heavy atom. The van der Waals surface area contributed by atoms with Gasteiger partial charge in [0.15, 0.2) is 5.76 Å². The van der Waals surface area contributed by atoms with Crippen molar-refractivity contribution in [2.24, 2.45) is 0 Å². The lowest BCUT2D eigenvalue weighted by Crippen LogP contribution is -2.33. The highest BCUT2D eigenvalue weighted by molar-refractivity contribution is 6.14. The maximum atomic E-state index is 12.8. The van der Waals surface area contributed by atoms with Crippen molar-refractivity contribution in [3.05, 3.63) is 83.0 Å². The van der Waals surface area contributed by atoms with Gasteiger partial charge in [-0.2, -0.15) is 0 Å². The molecule has 6 nitrogen and oxygen atoms in total. The lowest BCUT2D eigenvalue weighted by atomic mass is 10.0. The normalized spacial score (nSPS) is 16.7. The first-order chi connectivity index (χ1) is 14.7. The van der Waals surface area contributed by atoms with E-state index in [1.807, 2.05) is 18.2 Å². The van der Waals surface area contributed by atoms with Gasteiger partial charge in [-0.1, -0.05) is 12.1 Å². The highest BCUT2D eigenvalue weighted by atomic mass is 16.5. The third kappa shape index (κ3) is 3.46. The van der Waals surface area contributed by atoms with Crippen LogP contribution in [0.4, 0.5) is 0 Å².